The van der Waals surface area contributed by atoms with Crippen molar-refractivity contribution in [3.63, 3.8) is 0 Å². The zero-order valence-electron chi connectivity index (χ0n) is 7.11. The average molecular weight is 189 g/mol. The van der Waals surface area contributed by atoms with Crippen LogP contribution in [-0.2, 0) is 9.53 Å². The van der Waals surface area contributed by atoms with Crippen LogP contribution < -0.4 is 11.2 Å². The monoisotopic (exact) mass is 189 g/mol. The van der Waals surface area contributed by atoms with Crippen LogP contribution in [0.3, 0.4) is 0 Å². The van der Waals surface area contributed by atoms with Gasteiger partial charge in [0.15, 0.2) is 5.71 Å². The molecule has 0 aliphatic carbocycles. The Morgan fingerprint density at radius 3 is 2.62 bits per heavy atom. The maximum atomic E-state index is 10.9. The number of rotatable bonds is 4. The van der Waals surface area contributed by atoms with Crippen LogP contribution in [0.4, 0.5) is 4.79 Å². The highest BCUT2D eigenvalue weighted by molar-refractivity contribution is 6.37. The minimum absolute atomic E-state index is 0.163. The molecule has 0 aromatic rings. The summed E-state index contributed by atoms with van der Waals surface area (Å²) in [5.41, 5.74) is 6.62. The van der Waals surface area contributed by atoms with Crippen molar-refractivity contribution in [2.45, 2.75) is 6.92 Å². The molecule has 4 N–H and O–H groups in total. The smallest absolute Gasteiger partial charge is 0.425 e. The molecular weight excluding hydrogens is 178 g/mol. The fraction of sp³-hybridized carbons (Fsp3) is 0.500. The van der Waals surface area contributed by atoms with Crippen molar-refractivity contribution < 1.29 is 19.4 Å². The van der Waals surface area contributed by atoms with E-state index in [9.17, 15) is 9.59 Å². The SMILES string of the molecule is CCOC(=O)/C(CN)=N/NC(=O)O. The first-order valence-electron chi connectivity index (χ1n) is 3.54. The van der Waals surface area contributed by atoms with E-state index in [1.807, 2.05) is 0 Å². The maximum Gasteiger partial charge on any atom is 0.425 e. The highest BCUT2D eigenvalue weighted by atomic mass is 16.5. The molecule has 13 heavy (non-hydrogen) atoms. The fourth-order valence-electron chi connectivity index (χ4n) is 0.504. The molecule has 0 aromatic heterocycles. The van der Waals surface area contributed by atoms with Crippen LogP contribution in [0.15, 0.2) is 5.10 Å². The Morgan fingerprint density at radius 1 is 1.62 bits per heavy atom. The minimum Gasteiger partial charge on any atom is -0.464 e. The largest absolute Gasteiger partial charge is 0.464 e. The van der Waals surface area contributed by atoms with Crippen LogP contribution in [0, 0.1) is 0 Å². The predicted molar refractivity (Wildman–Crippen MR) is 44.3 cm³/mol. The maximum absolute atomic E-state index is 10.9. The Bertz CT molecular complexity index is 226. The number of carbonyl (C=O) groups is 2. The molecule has 0 atom stereocenters. The van der Waals surface area contributed by atoms with Crippen molar-refractivity contribution in [2.24, 2.45) is 10.8 Å². The van der Waals surface area contributed by atoms with Crippen molar-refractivity contribution in [1.82, 2.24) is 5.43 Å². The summed E-state index contributed by atoms with van der Waals surface area (Å²) in [4.78, 5) is 20.9. The van der Waals surface area contributed by atoms with Gasteiger partial charge in [0.2, 0.25) is 0 Å². The second kappa shape index (κ2) is 5.95. The summed E-state index contributed by atoms with van der Waals surface area (Å²) in [5.74, 6) is -0.723. The lowest BCUT2D eigenvalue weighted by Gasteiger charge is -2.02. The number of hydrogen-bond donors (Lipinski definition) is 3. The highest BCUT2D eigenvalue weighted by Gasteiger charge is 2.10. The summed E-state index contributed by atoms with van der Waals surface area (Å²) in [5, 5.41) is 11.4. The molecule has 0 aromatic carbocycles. The van der Waals surface area contributed by atoms with E-state index in [1.165, 1.54) is 0 Å². The van der Waals surface area contributed by atoms with Crippen LogP contribution in [-0.4, -0.2) is 36.0 Å². The first-order valence-corrected chi connectivity index (χ1v) is 3.54. The minimum atomic E-state index is -1.37. The number of amides is 1. The molecule has 0 bridgehead atoms. The van der Waals surface area contributed by atoms with E-state index in [2.05, 4.69) is 9.84 Å². The summed E-state index contributed by atoms with van der Waals surface area (Å²) in [6.45, 7) is 1.63. The summed E-state index contributed by atoms with van der Waals surface area (Å²) in [7, 11) is 0. The van der Waals surface area contributed by atoms with Gasteiger partial charge in [0.05, 0.1) is 6.61 Å². The molecule has 0 aliphatic heterocycles. The van der Waals surface area contributed by atoms with Crippen LogP contribution in [0.5, 0.6) is 0 Å². The van der Waals surface area contributed by atoms with Gasteiger partial charge >= 0.3 is 12.1 Å². The van der Waals surface area contributed by atoms with Crippen LogP contribution in [0.25, 0.3) is 0 Å². The normalized spacial score (nSPS) is 10.8. The number of nitrogens with zero attached hydrogens (tertiary/aromatic N) is 1. The molecule has 0 rings (SSSR count). The van der Waals surface area contributed by atoms with Crippen molar-refractivity contribution in [1.29, 1.82) is 0 Å². The molecule has 74 valence electrons. The first kappa shape index (κ1) is 11.4. The van der Waals surface area contributed by atoms with Gasteiger partial charge in [0, 0.05) is 6.54 Å². The summed E-state index contributed by atoms with van der Waals surface area (Å²) in [6.07, 6.45) is -1.37. The van der Waals surface area contributed by atoms with Gasteiger partial charge in [-0.3, -0.25) is 0 Å². The second-order valence-corrected chi connectivity index (χ2v) is 1.90. The first-order chi connectivity index (χ1) is 6.11. The Labute approximate surface area is 74.5 Å². The fourth-order valence-corrected chi connectivity index (χ4v) is 0.504. The third-order valence-corrected chi connectivity index (χ3v) is 0.991. The molecule has 1 amide bonds. The van der Waals surface area contributed by atoms with Gasteiger partial charge in [-0.1, -0.05) is 0 Å². The lowest BCUT2D eigenvalue weighted by Crippen LogP contribution is -2.29. The van der Waals surface area contributed by atoms with E-state index in [-0.39, 0.29) is 18.9 Å². The molecule has 0 unspecified atom stereocenters. The van der Waals surface area contributed by atoms with E-state index in [0.717, 1.165) is 0 Å². The molecular formula is C6H11N3O4. The number of hydrogen-bond acceptors (Lipinski definition) is 5. The molecule has 0 fully saturated rings. The third-order valence-electron chi connectivity index (χ3n) is 0.991. The Hall–Kier alpha value is -1.63. The van der Waals surface area contributed by atoms with Crippen molar-refractivity contribution in [3.8, 4) is 0 Å². The zero-order valence-corrected chi connectivity index (χ0v) is 7.11. The van der Waals surface area contributed by atoms with E-state index in [4.69, 9.17) is 10.8 Å². The van der Waals surface area contributed by atoms with Crippen LogP contribution >= 0.6 is 0 Å². The number of carboxylic acid groups (broad SMARTS) is 1. The molecule has 7 nitrogen and oxygen atoms in total. The number of carbonyl (C=O) groups excluding carboxylic acids is 1. The predicted octanol–water partition coefficient (Wildman–Crippen LogP) is -0.868. The van der Waals surface area contributed by atoms with Crippen molar-refractivity contribution in [2.75, 3.05) is 13.2 Å². The molecule has 0 saturated carbocycles. The third kappa shape index (κ3) is 4.75. The van der Waals surface area contributed by atoms with E-state index >= 15 is 0 Å². The van der Waals surface area contributed by atoms with Crippen molar-refractivity contribution >= 4 is 17.8 Å². The standard InChI is InChI=1S/C6H11N3O4/c1-2-13-5(10)4(3-7)8-9-6(11)12/h9H,2-3,7H2,1H3,(H,11,12)/b8-4+. The molecule has 0 heterocycles. The van der Waals surface area contributed by atoms with Gasteiger partial charge < -0.3 is 15.6 Å². The molecule has 0 saturated heterocycles. The quantitative estimate of drug-likeness (QED) is 0.302. The Morgan fingerprint density at radius 2 is 2.23 bits per heavy atom. The van der Waals surface area contributed by atoms with Gasteiger partial charge in [-0.15, -0.1) is 0 Å². The number of nitrogens with two attached hydrogens (primary N) is 1. The van der Waals surface area contributed by atoms with Gasteiger partial charge in [-0.2, -0.15) is 5.10 Å². The molecule has 0 spiro atoms. The van der Waals surface area contributed by atoms with Gasteiger partial charge in [0.1, 0.15) is 0 Å². The van der Waals surface area contributed by atoms with E-state index in [0.29, 0.717) is 0 Å². The van der Waals surface area contributed by atoms with Gasteiger partial charge in [-0.05, 0) is 6.92 Å². The lowest BCUT2D eigenvalue weighted by atomic mass is 10.4. The topological polar surface area (TPSA) is 114 Å². The number of esters is 1. The molecule has 7 heteroatoms. The van der Waals surface area contributed by atoms with E-state index < -0.39 is 12.1 Å². The average Bonchev–Trinajstić information content (AvgIpc) is 2.05. The van der Waals surface area contributed by atoms with Crippen LogP contribution in [0.1, 0.15) is 6.92 Å². The highest BCUT2D eigenvalue weighted by Crippen LogP contribution is 1.82. The molecule has 0 radical (unpaired) electrons. The summed E-state index contributed by atoms with van der Waals surface area (Å²) < 4.78 is 4.54. The molecule has 0 aliphatic rings. The van der Waals surface area contributed by atoms with Crippen molar-refractivity contribution in [3.05, 3.63) is 0 Å². The number of nitrogens with one attached hydrogen (secondary N) is 1. The van der Waals surface area contributed by atoms with E-state index in [1.54, 1.807) is 12.3 Å². The van der Waals surface area contributed by atoms with Crippen LogP contribution in [0.2, 0.25) is 0 Å². The van der Waals surface area contributed by atoms with Gasteiger partial charge in [-0.25, -0.2) is 15.0 Å². The summed E-state index contributed by atoms with van der Waals surface area (Å²) >= 11 is 0. The summed E-state index contributed by atoms with van der Waals surface area (Å²) in [6, 6.07) is 0. The zero-order chi connectivity index (χ0) is 10.3. The number of hydrazone groups is 1. The Kier molecular flexibility index (Phi) is 5.20. The van der Waals surface area contributed by atoms with Gasteiger partial charge in [0.25, 0.3) is 0 Å². The second-order valence-electron chi connectivity index (χ2n) is 1.90. The lowest BCUT2D eigenvalue weighted by molar-refractivity contribution is -0.135. The Balaban J connectivity index is 4.22. The number of ether oxygens (including phenoxy) is 1.